The summed E-state index contributed by atoms with van der Waals surface area (Å²) in [6.45, 7) is 0.285. The highest BCUT2D eigenvalue weighted by molar-refractivity contribution is 6.35. The molecule has 7 heteroatoms. The summed E-state index contributed by atoms with van der Waals surface area (Å²) in [5.41, 5.74) is 4.77. The molecule has 0 radical (unpaired) electrons. The Morgan fingerprint density at radius 3 is 1.91 bits per heavy atom. The van der Waals surface area contributed by atoms with Gasteiger partial charge in [-0.15, -0.1) is 0 Å². The fourth-order valence-electron chi connectivity index (χ4n) is 6.22. The number of benzene rings is 4. The molecule has 43 heavy (non-hydrogen) atoms. The molecule has 1 heterocycles. The fourth-order valence-corrected chi connectivity index (χ4v) is 6.69. The van der Waals surface area contributed by atoms with Gasteiger partial charge >= 0.3 is 6.09 Å². The Morgan fingerprint density at radius 1 is 0.814 bits per heavy atom. The van der Waals surface area contributed by atoms with E-state index in [4.69, 9.17) is 32.9 Å². The summed E-state index contributed by atoms with van der Waals surface area (Å²) < 4.78 is 8.01. The number of carbonyl (C=O) groups excluding carboxylic acids is 1. The number of amides is 1. The second kappa shape index (κ2) is 13.1. The van der Waals surface area contributed by atoms with Gasteiger partial charge in [0, 0.05) is 28.7 Å². The maximum absolute atomic E-state index is 12.5. The van der Waals surface area contributed by atoms with Gasteiger partial charge in [-0.3, -0.25) is 0 Å². The highest BCUT2D eigenvalue weighted by Crippen LogP contribution is 2.42. The Kier molecular flexibility index (Phi) is 8.82. The number of nitrogens with zero attached hydrogens (tertiary/aromatic N) is 2. The SMILES string of the molecule is O=C(NCc1ccc(Cl)cc1Cl)OC1CCC(c2cn(C(c3ccccc3)(c3ccccc3)c3ccccc3)cn2)CC1. The predicted molar refractivity (Wildman–Crippen MR) is 172 cm³/mol. The molecular formula is C36H33Cl2N3O2. The molecule has 1 amide bonds. The average molecular weight is 611 g/mol. The minimum Gasteiger partial charge on any atom is -0.446 e. The van der Waals surface area contributed by atoms with E-state index in [1.165, 1.54) is 16.7 Å². The molecule has 0 unspecified atom stereocenters. The van der Waals surface area contributed by atoms with E-state index in [-0.39, 0.29) is 18.6 Å². The number of rotatable bonds is 8. The third-order valence-corrected chi connectivity index (χ3v) is 8.96. The van der Waals surface area contributed by atoms with Crippen molar-refractivity contribution in [3.8, 4) is 0 Å². The highest BCUT2D eigenvalue weighted by atomic mass is 35.5. The van der Waals surface area contributed by atoms with E-state index in [0.717, 1.165) is 36.9 Å². The van der Waals surface area contributed by atoms with E-state index in [9.17, 15) is 4.79 Å². The van der Waals surface area contributed by atoms with Crippen LogP contribution < -0.4 is 5.32 Å². The number of hydrogen-bond acceptors (Lipinski definition) is 3. The van der Waals surface area contributed by atoms with Crippen LogP contribution >= 0.6 is 23.2 Å². The Labute approximate surface area is 262 Å². The predicted octanol–water partition coefficient (Wildman–Crippen LogP) is 8.98. The molecule has 1 aromatic heterocycles. The molecule has 1 N–H and O–H groups in total. The standard InChI is InChI=1S/C36H33Cl2N3O2/c37-31-19-16-27(33(38)22-31)23-39-35(42)43-32-20-17-26(18-21-32)34-24-41(25-40-34)36(28-10-4-1-5-11-28,29-12-6-2-7-13-29)30-14-8-3-9-15-30/h1-16,19,22,24-26,32H,17-18,20-21,23H2,(H,39,42). The Hall–Kier alpha value is -4.06. The van der Waals surface area contributed by atoms with Gasteiger partial charge in [-0.05, 0) is 60.1 Å². The first-order valence-electron chi connectivity index (χ1n) is 14.6. The number of nitrogens with one attached hydrogen (secondary N) is 1. The van der Waals surface area contributed by atoms with E-state index < -0.39 is 11.6 Å². The quantitative estimate of drug-likeness (QED) is 0.179. The fraction of sp³-hybridized carbons (Fsp3) is 0.222. The maximum Gasteiger partial charge on any atom is 0.407 e. The van der Waals surface area contributed by atoms with Crippen molar-refractivity contribution in [2.24, 2.45) is 0 Å². The van der Waals surface area contributed by atoms with Crippen LogP contribution in [0, 0.1) is 0 Å². The van der Waals surface area contributed by atoms with Gasteiger partial charge in [-0.2, -0.15) is 0 Å². The number of aromatic nitrogens is 2. The first kappa shape index (κ1) is 29.0. The number of alkyl carbamates (subject to hydrolysis) is 1. The third kappa shape index (κ3) is 6.20. The highest BCUT2D eigenvalue weighted by Gasteiger charge is 2.39. The average Bonchev–Trinajstić information content (AvgIpc) is 3.53. The molecule has 5 aromatic rings. The summed E-state index contributed by atoms with van der Waals surface area (Å²) in [6.07, 6.45) is 6.98. The van der Waals surface area contributed by atoms with Crippen LogP contribution in [0.2, 0.25) is 10.0 Å². The zero-order valence-electron chi connectivity index (χ0n) is 23.7. The summed E-state index contributed by atoms with van der Waals surface area (Å²) >= 11 is 12.2. The summed E-state index contributed by atoms with van der Waals surface area (Å²) in [5.74, 6) is 0.289. The zero-order valence-corrected chi connectivity index (χ0v) is 25.2. The molecule has 0 atom stereocenters. The van der Waals surface area contributed by atoms with Crippen molar-refractivity contribution in [2.75, 3.05) is 0 Å². The number of imidazole rings is 1. The van der Waals surface area contributed by atoms with E-state index in [0.29, 0.717) is 10.0 Å². The lowest BCUT2D eigenvalue weighted by atomic mass is 9.76. The molecule has 6 rings (SSSR count). The van der Waals surface area contributed by atoms with Crippen LogP contribution in [-0.2, 0) is 16.8 Å². The van der Waals surface area contributed by atoms with Gasteiger partial charge in [0.2, 0.25) is 0 Å². The van der Waals surface area contributed by atoms with Crippen LogP contribution in [0.1, 0.15) is 59.5 Å². The Morgan fingerprint density at radius 2 is 1.37 bits per heavy atom. The lowest BCUT2D eigenvalue weighted by molar-refractivity contribution is 0.0709. The van der Waals surface area contributed by atoms with Gasteiger partial charge in [0.25, 0.3) is 0 Å². The van der Waals surface area contributed by atoms with E-state index in [2.05, 4.69) is 107 Å². The first-order valence-corrected chi connectivity index (χ1v) is 15.4. The van der Waals surface area contributed by atoms with Crippen molar-refractivity contribution >= 4 is 29.3 Å². The lowest BCUT2D eigenvalue weighted by Crippen LogP contribution is -2.37. The number of ether oxygens (including phenoxy) is 1. The monoisotopic (exact) mass is 609 g/mol. The molecule has 1 aliphatic rings. The molecule has 1 fully saturated rings. The van der Waals surface area contributed by atoms with Gasteiger partial charge in [-0.25, -0.2) is 9.78 Å². The minimum atomic E-state index is -0.583. The Bertz CT molecular complexity index is 1550. The summed E-state index contributed by atoms with van der Waals surface area (Å²) in [5, 5.41) is 3.89. The van der Waals surface area contributed by atoms with Crippen molar-refractivity contribution in [1.29, 1.82) is 0 Å². The van der Waals surface area contributed by atoms with Crippen molar-refractivity contribution < 1.29 is 9.53 Å². The van der Waals surface area contributed by atoms with Crippen LogP contribution in [0.3, 0.4) is 0 Å². The second-order valence-electron chi connectivity index (χ2n) is 11.0. The topological polar surface area (TPSA) is 56.1 Å². The van der Waals surface area contributed by atoms with Gasteiger partial charge in [0.15, 0.2) is 0 Å². The Balaban J connectivity index is 1.19. The second-order valence-corrected chi connectivity index (χ2v) is 11.8. The first-order chi connectivity index (χ1) is 21.0. The normalized spacial score (nSPS) is 16.9. The number of carbonyl (C=O) groups is 1. The summed E-state index contributed by atoms with van der Waals surface area (Å²) in [4.78, 5) is 17.5. The van der Waals surface area contributed by atoms with Gasteiger partial charge in [-0.1, -0.05) is 120 Å². The van der Waals surface area contributed by atoms with Crippen LogP contribution in [0.15, 0.2) is 122 Å². The minimum absolute atomic E-state index is 0.129. The molecular weight excluding hydrogens is 577 g/mol. The van der Waals surface area contributed by atoms with E-state index in [1.54, 1.807) is 18.2 Å². The molecule has 0 spiro atoms. The van der Waals surface area contributed by atoms with Crippen molar-refractivity contribution in [1.82, 2.24) is 14.9 Å². The van der Waals surface area contributed by atoms with Gasteiger partial charge in [0.1, 0.15) is 11.6 Å². The molecule has 0 aliphatic heterocycles. The molecule has 5 nitrogen and oxygen atoms in total. The zero-order chi connectivity index (χ0) is 29.6. The van der Waals surface area contributed by atoms with Gasteiger partial charge in [0.05, 0.1) is 12.0 Å². The molecule has 4 aromatic carbocycles. The maximum atomic E-state index is 12.5. The van der Waals surface area contributed by atoms with E-state index >= 15 is 0 Å². The van der Waals surface area contributed by atoms with Crippen molar-refractivity contribution in [3.05, 3.63) is 160 Å². The number of hydrogen-bond donors (Lipinski definition) is 1. The largest absolute Gasteiger partial charge is 0.446 e. The smallest absolute Gasteiger partial charge is 0.407 e. The molecule has 1 saturated carbocycles. The van der Waals surface area contributed by atoms with Gasteiger partial charge < -0.3 is 14.6 Å². The molecule has 0 bridgehead atoms. The molecule has 218 valence electrons. The molecule has 0 saturated heterocycles. The van der Waals surface area contributed by atoms with Crippen molar-refractivity contribution in [3.63, 3.8) is 0 Å². The molecule has 1 aliphatic carbocycles. The van der Waals surface area contributed by atoms with Crippen LogP contribution in [0.25, 0.3) is 0 Å². The third-order valence-electron chi connectivity index (χ3n) is 8.37. The van der Waals surface area contributed by atoms with Crippen molar-refractivity contribution in [2.45, 2.75) is 49.8 Å². The van der Waals surface area contributed by atoms with E-state index in [1.807, 2.05) is 6.33 Å². The van der Waals surface area contributed by atoms with Crippen LogP contribution in [0.5, 0.6) is 0 Å². The summed E-state index contributed by atoms with van der Waals surface area (Å²) in [6, 6.07) is 37.1. The lowest BCUT2D eigenvalue weighted by Gasteiger charge is -2.37. The summed E-state index contributed by atoms with van der Waals surface area (Å²) in [7, 11) is 0. The van der Waals surface area contributed by atoms with Crippen LogP contribution in [0.4, 0.5) is 4.79 Å². The number of halogens is 2. The van der Waals surface area contributed by atoms with Crippen LogP contribution in [-0.4, -0.2) is 21.7 Å².